The van der Waals surface area contributed by atoms with Gasteiger partial charge in [0, 0.05) is 12.8 Å². The first-order chi connectivity index (χ1) is 26.9. The summed E-state index contributed by atoms with van der Waals surface area (Å²) in [5.74, 6) is -1.21. The summed E-state index contributed by atoms with van der Waals surface area (Å²) in [6.07, 6.45) is 47.4. The molecular weight excluding hydrogens is 685 g/mol. The van der Waals surface area contributed by atoms with Crippen LogP contribution in [0.15, 0.2) is 0 Å². The summed E-state index contributed by atoms with van der Waals surface area (Å²) in [7, 11) is 0. The van der Waals surface area contributed by atoms with Gasteiger partial charge in [0.1, 0.15) is 12.1 Å². The van der Waals surface area contributed by atoms with Gasteiger partial charge in [0.05, 0.1) is 0 Å². The number of rotatable bonds is 45. The fraction of sp³-hybridized carbons (Fsp3) is 0.938. The molecule has 0 aromatic rings. The SMILES string of the molecule is CCCCCCCCCCCCCCCCCCCCCCCC(=O)OC(CCCCCCCCCC)CCCCCCCC(=O)NC(CCCN)C(=O)O. The van der Waals surface area contributed by atoms with Crippen LogP contribution in [0.3, 0.4) is 0 Å². The van der Waals surface area contributed by atoms with Crippen LogP contribution in [0.2, 0.25) is 0 Å². The van der Waals surface area contributed by atoms with Gasteiger partial charge in [-0.05, 0) is 57.9 Å². The second-order valence-electron chi connectivity index (χ2n) is 16.9. The van der Waals surface area contributed by atoms with Crippen LogP contribution in [0.1, 0.15) is 271 Å². The highest BCUT2D eigenvalue weighted by Gasteiger charge is 2.19. The molecule has 1 amide bonds. The average Bonchev–Trinajstić information content (AvgIpc) is 3.17. The number of hydrogen-bond acceptors (Lipinski definition) is 5. The Morgan fingerprint density at radius 2 is 0.782 bits per heavy atom. The molecule has 0 fully saturated rings. The Morgan fingerprint density at radius 3 is 1.13 bits per heavy atom. The minimum Gasteiger partial charge on any atom is -0.480 e. The Labute approximate surface area is 341 Å². The molecule has 326 valence electrons. The van der Waals surface area contributed by atoms with E-state index >= 15 is 0 Å². The monoisotopic (exact) mass is 779 g/mol. The lowest BCUT2D eigenvalue weighted by Crippen LogP contribution is -2.40. The molecule has 0 aliphatic heterocycles. The normalized spacial score (nSPS) is 12.5. The molecule has 7 nitrogen and oxygen atoms in total. The molecule has 55 heavy (non-hydrogen) atoms. The quantitative estimate of drug-likeness (QED) is 0.0418. The van der Waals surface area contributed by atoms with Gasteiger partial charge in [-0.2, -0.15) is 0 Å². The van der Waals surface area contributed by atoms with Gasteiger partial charge in [-0.3, -0.25) is 9.59 Å². The Kier molecular flexibility index (Phi) is 42.2. The van der Waals surface area contributed by atoms with Crippen molar-refractivity contribution in [1.29, 1.82) is 0 Å². The van der Waals surface area contributed by atoms with E-state index in [0.717, 1.165) is 64.2 Å². The number of carboxylic acid groups (broad SMARTS) is 1. The summed E-state index contributed by atoms with van der Waals surface area (Å²) in [4.78, 5) is 36.4. The number of aliphatic carboxylic acids is 1. The molecule has 0 aromatic heterocycles. The standard InChI is InChI=1S/C48H94N2O5/c1-3-5-7-9-11-13-14-15-16-17-18-19-20-21-22-23-24-25-27-32-36-42-47(52)55-44(38-33-29-26-12-10-8-6-4-2)39-34-30-28-31-35-41-46(51)50-45(48(53)54)40-37-43-49/h44-45H,3-43,49H2,1-2H3,(H,50,51)(H,53,54). The van der Waals surface area contributed by atoms with Crippen LogP contribution in [0.5, 0.6) is 0 Å². The molecule has 0 rings (SSSR count). The minimum atomic E-state index is -1.00. The summed E-state index contributed by atoms with van der Waals surface area (Å²) >= 11 is 0. The number of hydrogen-bond donors (Lipinski definition) is 3. The van der Waals surface area contributed by atoms with E-state index in [1.807, 2.05) is 0 Å². The molecule has 7 heteroatoms. The number of carbonyl (C=O) groups is 3. The van der Waals surface area contributed by atoms with Gasteiger partial charge in [-0.15, -0.1) is 0 Å². The predicted octanol–water partition coefficient (Wildman–Crippen LogP) is 14.1. The number of carboxylic acids is 1. The van der Waals surface area contributed by atoms with E-state index in [9.17, 15) is 19.5 Å². The van der Waals surface area contributed by atoms with Crippen LogP contribution in [-0.4, -0.2) is 41.6 Å². The third-order valence-corrected chi connectivity index (χ3v) is 11.4. The van der Waals surface area contributed by atoms with E-state index in [4.69, 9.17) is 10.5 Å². The van der Waals surface area contributed by atoms with E-state index in [1.165, 1.54) is 167 Å². The molecule has 4 N–H and O–H groups in total. The van der Waals surface area contributed by atoms with Gasteiger partial charge in [0.2, 0.25) is 5.91 Å². The molecule has 2 unspecified atom stereocenters. The molecule has 0 aromatic carbocycles. The van der Waals surface area contributed by atoms with Crippen LogP contribution < -0.4 is 11.1 Å². The van der Waals surface area contributed by atoms with Crippen molar-refractivity contribution in [3.05, 3.63) is 0 Å². The minimum absolute atomic E-state index is 0.0143. The number of unbranched alkanes of at least 4 members (excludes halogenated alkanes) is 31. The zero-order chi connectivity index (χ0) is 40.3. The second-order valence-corrected chi connectivity index (χ2v) is 16.9. The number of esters is 1. The predicted molar refractivity (Wildman–Crippen MR) is 235 cm³/mol. The Morgan fingerprint density at radius 1 is 0.455 bits per heavy atom. The molecule has 0 saturated heterocycles. The van der Waals surface area contributed by atoms with Crippen molar-refractivity contribution in [1.82, 2.24) is 5.32 Å². The van der Waals surface area contributed by atoms with E-state index in [0.29, 0.717) is 32.2 Å². The average molecular weight is 779 g/mol. The molecular formula is C48H94N2O5. The van der Waals surface area contributed by atoms with E-state index in [-0.39, 0.29) is 18.0 Å². The molecule has 0 aliphatic carbocycles. The number of nitrogens with one attached hydrogen (secondary N) is 1. The Balaban J connectivity index is 4.03. The van der Waals surface area contributed by atoms with Crippen molar-refractivity contribution in [2.24, 2.45) is 5.73 Å². The van der Waals surface area contributed by atoms with Crippen molar-refractivity contribution < 1.29 is 24.2 Å². The summed E-state index contributed by atoms with van der Waals surface area (Å²) in [5, 5.41) is 11.9. The third-order valence-electron chi connectivity index (χ3n) is 11.4. The maximum absolute atomic E-state index is 12.8. The van der Waals surface area contributed by atoms with Crippen molar-refractivity contribution in [3.63, 3.8) is 0 Å². The van der Waals surface area contributed by atoms with E-state index in [2.05, 4.69) is 19.2 Å². The number of nitrogens with two attached hydrogens (primary N) is 1. The van der Waals surface area contributed by atoms with Crippen LogP contribution >= 0.6 is 0 Å². The van der Waals surface area contributed by atoms with E-state index in [1.54, 1.807) is 0 Å². The smallest absolute Gasteiger partial charge is 0.326 e. The molecule has 0 bridgehead atoms. The maximum atomic E-state index is 12.8. The zero-order valence-electron chi connectivity index (χ0n) is 36.8. The van der Waals surface area contributed by atoms with Crippen molar-refractivity contribution >= 4 is 17.8 Å². The van der Waals surface area contributed by atoms with E-state index < -0.39 is 12.0 Å². The fourth-order valence-corrected chi connectivity index (χ4v) is 7.75. The summed E-state index contributed by atoms with van der Waals surface area (Å²) in [5.41, 5.74) is 5.49. The van der Waals surface area contributed by atoms with Crippen LogP contribution in [0.25, 0.3) is 0 Å². The molecule has 0 spiro atoms. The molecule has 0 heterocycles. The van der Waals surface area contributed by atoms with Crippen LogP contribution in [0, 0.1) is 0 Å². The lowest BCUT2D eigenvalue weighted by molar-refractivity contribution is -0.150. The largest absolute Gasteiger partial charge is 0.480 e. The second kappa shape index (κ2) is 43.5. The molecule has 0 radical (unpaired) electrons. The topological polar surface area (TPSA) is 119 Å². The third kappa shape index (κ3) is 40.4. The summed E-state index contributed by atoms with van der Waals surface area (Å²) in [6.45, 7) is 4.96. The number of amides is 1. The molecule has 0 saturated carbocycles. The van der Waals surface area contributed by atoms with Crippen molar-refractivity contribution in [2.45, 2.75) is 283 Å². The molecule has 2 atom stereocenters. The van der Waals surface area contributed by atoms with Crippen molar-refractivity contribution in [2.75, 3.05) is 6.54 Å². The number of carbonyl (C=O) groups excluding carboxylic acids is 2. The van der Waals surface area contributed by atoms with Gasteiger partial charge >= 0.3 is 11.9 Å². The Hall–Kier alpha value is -1.63. The first-order valence-electron chi connectivity index (χ1n) is 24.4. The first kappa shape index (κ1) is 53.4. The lowest BCUT2D eigenvalue weighted by Gasteiger charge is -2.18. The summed E-state index contributed by atoms with van der Waals surface area (Å²) in [6, 6.07) is -0.852. The first-order valence-corrected chi connectivity index (χ1v) is 24.4. The summed E-state index contributed by atoms with van der Waals surface area (Å²) < 4.78 is 6.05. The molecule has 0 aliphatic rings. The van der Waals surface area contributed by atoms with Crippen LogP contribution in [-0.2, 0) is 19.1 Å². The van der Waals surface area contributed by atoms with Gasteiger partial charge in [0.25, 0.3) is 0 Å². The van der Waals surface area contributed by atoms with Gasteiger partial charge < -0.3 is 20.9 Å². The maximum Gasteiger partial charge on any atom is 0.326 e. The lowest BCUT2D eigenvalue weighted by atomic mass is 10.0. The van der Waals surface area contributed by atoms with Gasteiger partial charge in [-0.1, -0.05) is 206 Å². The number of ether oxygens (including phenoxy) is 1. The van der Waals surface area contributed by atoms with Gasteiger partial charge in [-0.25, -0.2) is 4.79 Å². The van der Waals surface area contributed by atoms with Gasteiger partial charge in [0.15, 0.2) is 0 Å². The highest BCUT2D eigenvalue weighted by Crippen LogP contribution is 2.19. The van der Waals surface area contributed by atoms with Crippen molar-refractivity contribution in [3.8, 4) is 0 Å². The van der Waals surface area contributed by atoms with Crippen LogP contribution in [0.4, 0.5) is 0 Å². The highest BCUT2D eigenvalue weighted by molar-refractivity contribution is 5.83. The Bertz CT molecular complexity index is 837. The highest BCUT2D eigenvalue weighted by atomic mass is 16.5. The fourth-order valence-electron chi connectivity index (χ4n) is 7.75. The zero-order valence-corrected chi connectivity index (χ0v) is 36.8.